The van der Waals surface area contributed by atoms with Gasteiger partial charge in [-0.25, -0.2) is 0 Å². The van der Waals surface area contributed by atoms with Crippen LogP contribution in [0, 0.1) is 5.41 Å². The smallest absolute Gasteiger partial charge is 0.121 e. The Morgan fingerprint density at radius 1 is 1.15 bits per heavy atom. The van der Waals surface area contributed by atoms with Gasteiger partial charge in [0.2, 0.25) is 0 Å². The molecule has 1 aromatic heterocycles. The van der Waals surface area contributed by atoms with Crippen LogP contribution in [0.1, 0.15) is 27.2 Å². The molecule has 0 aliphatic carbocycles. The van der Waals surface area contributed by atoms with Gasteiger partial charge in [0.25, 0.3) is 0 Å². The van der Waals surface area contributed by atoms with E-state index in [2.05, 4.69) is 37.1 Å². The zero-order chi connectivity index (χ0) is 14.4. The van der Waals surface area contributed by atoms with Crippen molar-refractivity contribution in [3.05, 3.63) is 36.5 Å². The maximum absolute atomic E-state index is 5.74. The molecule has 2 aromatic rings. The number of ether oxygens (including phenoxy) is 1. The normalized spacial score (nSPS) is 11.8. The number of aromatic nitrogens is 1. The van der Waals surface area contributed by atoms with E-state index < -0.39 is 0 Å². The fraction of sp³-hybridized carbons (Fsp3) is 0.471. The molecule has 1 N–H and O–H groups in total. The Balaban J connectivity index is 1.73. The molecular weight excluding hydrogens is 248 g/mol. The highest BCUT2D eigenvalue weighted by Crippen LogP contribution is 2.18. The highest BCUT2D eigenvalue weighted by Gasteiger charge is 2.08. The topological polar surface area (TPSA) is 34.1 Å². The number of rotatable bonds is 6. The lowest BCUT2D eigenvalue weighted by Gasteiger charge is -2.18. The molecule has 3 heteroatoms. The molecule has 108 valence electrons. The van der Waals surface area contributed by atoms with E-state index in [1.807, 2.05) is 24.3 Å². The summed E-state index contributed by atoms with van der Waals surface area (Å²) in [7, 11) is 0. The summed E-state index contributed by atoms with van der Waals surface area (Å²) >= 11 is 0. The van der Waals surface area contributed by atoms with E-state index >= 15 is 0 Å². The Morgan fingerprint density at radius 3 is 2.80 bits per heavy atom. The van der Waals surface area contributed by atoms with Crippen LogP contribution in [0.4, 0.5) is 0 Å². The molecule has 0 saturated heterocycles. The van der Waals surface area contributed by atoms with Crippen LogP contribution < -0.4 is 10.1 Å². The van der Waals surface area contributed by atoms with Crippen molar-refractivity contribution in [2.24, 2.45) is 5.41 Å². The molecule has 0 bridgehead atoms. The summed E-state index contributed by atoms with van der Waals surface area (Å²) in [5, 5.41) is 4.55. The number of nitrogens with one attached hydrogen (secondary N) is 1. The molecule has 0 saturated carbocycles. The van der Waals surface area contributed by atoms with Gasteiger partial charge in [-0.2, -0.15) is 0 Å². The third kappa shape index (κ3) is 4.82. The highest BCUT2D eigenvalue weighted by molar-refractivity contribution is 5.79. The summed E-state index contributed by atoms with van der Waals surface area (Å²) in [6.45, 7) is 9.36. The number of fused-ring (bicyclic) bond motifs is 1. The number of hydrogen-bond donors (Lipinski definition) is 1. The maximum Gasteiger partial charge on any atom is 0.121 e. The van der Waals surface area contributed by atoms with Crippen molar-refractivity contribution in [2.75, 3.05) is 19.7 Å². The summed E-state index contributed by atoms with van der Waals surface area (Å²) < 4.78 is 5.74. The van der Waals surface area contributed by atoms with E-state index in [0.717, 1.165) is 29.7 Å². The van der Waals surface area contributed by atoms with E-state index in [-0.39, 0.29) is 0 Å². The van der Waals surface area contributed by atoms with E-state index in [4.69, 9.17) is 4.74 Å². The average Bonchev–Trinajstić information content (AvgIpc) is 2.41. The number of pyridine rings is 1. The quantitative estimate of drug-likeness (QED) is 0.815. The molecule has 0 aliphatic rings. The van der Waals surface area contributed by atoms with Crippen LogP contribution in [0.15, 0.2) is 36.5 Å². The van der Waals surface area contributed by atoms with Gasteiger partial charge in [-0.05, 0) is 36.6 Å². The minimum Gasteiger partial charge on any atom is -0.492 e. The molecule has 3 nitrogen and oxygen atoms in total. The summed E-state index contributed by atoms with van der Waals surface area (Å²) in [5.41, 5.74) is 1.36. The van der Waals surface area contributed by atoms with Gasteiger partial charge in [0.1, 0.15) is 12.4 Å². The van der Waals surface area contributed by atoms with Crippen LogP contribution >= 0.6 is 0 Å². The minimum absolute atomic E-state index is 0.387. The third-order valence-corrected chi connectivity index (χ3v) is 3.18. The van der Waals surface area contributed by atoms with Gasteiger partial charge < -0.3 is 10.1 Å². The second kappa shape index (κ2) is 6.71. The van der Waals surface area contributed by atoms with Crippen LogP contribution in [-0.4, -0.2) is 24.7 Å². The first-order valence-electron chi connectivity index (χ1n) is 7.23. The molecule has 0 atom stereocenters. The highest BCUT2D eigenvalue weighted by atomic mass is 16.5. The summed E-state index contributed by atoms with van der Waals surface area (Å²) in [5.74, 6) is 0.883. The monoisotopic (exact) mass is 272 g/mol. The zero-order valence-electron chi connectivity index (χ0n) is 12.6. The van der Waals surface area contributed by atoms with Crippen LogP contribution in [0.5, 0.6) is 5.75 Å². The van der Waals surface area contributed by atoms with Crippen LogP contribution in [0.3, 0.4) is 0 Å². The summed E-state index contributed by atoms with van der Waals surface area (Å²) in [4.78, 5) is 4.33. The first-order chi connectivity index (χ1) is 9.54. The van der Waals surface area contributed by atoms with Crippen molar-refractivity contribution < 1.29 is 4.74 Å². The van der Waals surface area contributed by atoms with Gasteiger partial charge in [-0.1, -0.05) is 26.8 Å². The molecule has 0 radical (unpaired) electrons. The Morgan fingerprint density at radius 2 is 2.00 bits per heavy atom. The van der Waals surface area contributed by atoms with E-state index in [1.165, 1.54) is 6.42 Å². The van der Waals surface area contributed by atoms with Gasteiger partial charge in [0, 0.05) is 24.2 Å². The molecule has 1 heterocycles. The first kappa shape index (κ1) is 14.8. The van der Waals surface area contributed by atoms with Gasteiger partial charge in [-0.15, -0.1) is 0 Å². The van der Waals surface area contributed by atoms with Crippen molar-refractivity contribution in [2.45, 2.75) is 27.2 Å². The lowest BCUT2D eigenvalue weighted by molar-refractivity contribution is 0.304. The largest absolute Gasteiger partial charge is 0.492 e. The van der Waals surface area contributed by atoms with Crippen molar-refractivity contribution in [1.29, 1.82) is 0 Å². The lowest BCUT2D eigenvalue weighted by Crippen LogP contribution is -2.25. The standard InChI is InChI=1S/C17H24N2O/c1-17(2,3)8-10-18-11-12-20-15-7-6-14-5-4-9-19-16(14)13-15/h4-7,9,13,18H,8,10-12H2,1-3H3. The Kier molecular flexibility index (Phi) is 4.96. The van der Waals surface area contributed by atoms with E-state index in [1.54, 1.807) is 6.20 Å². The summed E-state index contributed by atoms with van der Waals surface area (Å²) in [6.07, 6.45) is 2.98. The molecule has 20 heavy (non-hydrogen) atoms. The first-order valence-corrected chi connectivity index (χ1v) is 7.23. The molecule has 1 aromatic carbocycles. The minimum atomic E-state index is 0.387. The summed E-state index contributed by atoms with van der Waals surface area (Å²) in [6, 6.07) is 10.0. The van der Waals surface area contributed by atoms with Crippen LogP contribution in [0.25, 0.3) is 10.9 Å². The van der Waals surface area contributed by atoms with Crippen LogP contribution in [-0.2, 0) is 0 Å². The predicted molar refractivity (Wildman–Crippen MR) is 84.2 cm³/mol. The van der Waals surface area contributed by atoms with Crippen molar-refractivity contribution >= 4 is 10.9 Å². The molecule has 0 amide bonds. The van der Waals surface area contributed by atoms with Gasteiger partial charge in [0.15, 0.2) is 0 Å². The molecule has 0 unspecified atom stereocenters. The lowest BCUT2D eigenvalue weighted by atomic mass is 9.92. The maximum atomic E-state index is 5.74. The number of benzene rings is 1. The number of hydrogen-bond acceptors (Lipinski definition) is 3. The fourth-order valence-corrected chi connectivity index (χ4v) is 1.97. The van der Waals surface area contributed by atoms with E-state index in [0.29, 0.717) is 12.0 Å². The Hall–Kier alpha value is -1.61. The second-order valence-electron chi connectivity index (χ2n) is 6.27. The van der Waals surface area contributed by atoms with E-state index in [9.17, 15) is 0 Å². The second-order valence-corrected chi connectivity index (χ2v) is 6.27. The molecule has 0 spiro atoms. The van der Waals surface area contributed by atoms with Gasteiger partial charge >= 0.3 is 0 Å². The molecule has 0 aliphatic heterocycles. The molecule has 2 rings (SSSR count). The van der Waals surface area contributed by atoms with Crippen molar-refractivity contribution in [3.8, 4) is 5.75 Å². The van der Waals surface area contributed by atoms with Gasteiger partial charge in [0.05, 0.1) is 5.52 Å². The zero-order valence-corrected chi connectivity index (χ0v) is 12.6. The van der Waals surface area contributed by atoms with Crippen LogP contribution in [0.2, 0.25) is 0 Å². The number of nitrogens with zero attached hydrogens (tertiary/aromatic N) is 1. The predicted octanol–water partition coefficient (Wildman–Crippen LogP) is 3.64. The Labute approximate surface area is 121 Å². The van der Waals surface area contributed by atoms with Crippen molar-refractivity contribution in [3.63, 3.8) is 0 Å². The third-order valence-electron chi connectivity index (χ3n) is 3.18. The van der Waals surface area contributed by atoms with Crippen molar-refractivity contribution in [1.82, 2.24) is 10.3 Å². The van der Waals surface area contributed by atoms with Gasteiger partial charge in [-0.3, -0.25) is 4.98 Å². The molecular formula is C17H24N2O. The fourth-order valence-electron chi connectivity index (χ4n) is 1.97. The Bertz CT molecular complexity index is 546. The SMILES string of the molecule is CC(C)(C)CCNCCOc1ccc2cccnc2c1. The average molecular weight is 272 g/mol. The molecule has 0 fully saturated rings.